The van der Waals surface area contributed by atoms with Crippen molar-refractivity contribution in [1.29, 1.82) is 0 Å². The van der Waals surface area contributed by atoms with Gasteiger partial charge in [-0.3, -0.25) is 4.79 Å². The number of hydrogen-bond donors (Lipinski definition) is 2. The third-order valence-electron chi connectivity index (χ3n) is 4.09. The molecule has 0 unspecified atom stereocenters. The van der Waals surface area contributed by atoms with E-state index in [0.717, 1.165) is 41.7 Å². The summed E-state index contributed by atoms with van der Waals surface area (Å²) in [7, 11) is 1.62. The molecule has 1 fully saturated rings. The molecular weight excluding hydrogens is 374 g/mol. The number of nitrogens with one attached hydrogen (secondary N) is 2. The highest BCUT2D eigenvalue weighted by Crippen LogP contribution is 2.25. The highest BCUT2D eigenvalue weighted by atomic mass is 79.9. The van der Waals surface area contributed by atoms with Crippen LogP contribution in [-0.2, 0) is 6.54 Å². The molecular formula is C16H20BrN5O2. The van der Waals surface area contributed by atoms with Crippen LogP contribution < -0.4 is 15.4 Å². The minimum atomic E-state index is -0.220. The molecule has 1 aliphatic rings. The Morgan fingerprint density at radius 1 is 1.46 bits per heavy atom. The van der Waals surface area contributed by atoms with Gasteiger partial charge >= 0.3 is 0 Å². The molecule has 24 heavy (non-hydrogen) atoms. The maximum absolute atomic E-state index is 12.2. The fourth-order valence-electron chi connectivity index (χ4n) is 2.72. The van der Waals surface area contributed by atoms with Gasteiger partial charge in [-0.05, 0) is 59.6 Å². The molecule has 0 bridgehead atoms. The minimum Gasteiger partial charge on any atom is -0.496 e. The minimum absolute atomic E-state index is 0.220. The quantitative estimate of drug-likeness (QED) is 0.810. The van der Waals surface area contributed by atoms with Crippen LogP contribution in [0.25, 0.3) is 0 Å². The van der Waals surface area contributed by atoms with Crippen molar-refractivity contribution in [2.45, 2.75) is 25.4 Å². The Bertz CT molecular complexity index is 712. The number of benzene rings is 1. The van der Waals surface area contributed by atoms with Gasteiger partial charge < -0.3 is 15.4 Å². The van der Waals surface area contributed by atoms with E-state index in [2.05, 4.69) is 36.9 Å². The maximum Gasteiger partial charge on any atom is 0.273 e. The third-order valence-corrected chi connectivity index (χ3v) is 4.71. The lowest BCUT2D eigenvalue weighted by Crippen LogP contribution is -2.29. The summed E-state index contributed by atoms with van der Waals surface area (Å²) in [5.74, 6) is 0.539. The number of amides is 1. The summed E-state index contributed by atoms with van der Waals surface area (Å²) in [6.07, 6.45) is 3.74. The van der Waals surface area contributed by atoms with E-state index in [1.54, 1.807) is 18.0 Å². The molecule has 2 N–H and O–H groups in total. The summed E-state index contributed by atoms with van der Waals surface area (Å²) in [6, 6.07) is 6.01. The molecule has 3 rings (SSSR count). The lowest BCUT2D eigenvalue weighted by atomic mass is 10.1. The number of piperidine rings is 1. The molecule has 0 spiro atoms. The van der Waals surface area contributed by atoms with Gasteiger partial charge in [-0.25, -0.2) is 4.68 Å². The monoisotopic (exact) mass is 393 g/mol. The lowest BCUT2D eigenvalue weighted by Gasteiger charge is -2.22. The molecule has 1 aliphatic heterocycles. The Morgan fingerprint density at radius 3 is 2.96 bits per heavy atom. The summed E-state index contributed by atoms with van der Waals surface area (Å²) >= 11 is 3.44. The topological polar surface area (TPSA) is 81.1 Å². The van der Waals surface area contributed by atoms with Gasteiger partial charge in [0.2, 0.25) is 0 Å². The van der Waals surface area contributed by atoms with E-state index in [0.29, 0.717) is 18.3 Å². The summed E-state index contributed by atoms with van der Waals surface area (Å²) in [6.45, 7) is 2.36. The van der Waals surface area contributed by atoms with Gasteiger partial charge in [0.15, 0.2) is 5.69 Å². The first kappa shape index (κ1) is 16.9. The Balaban J connectivity index is 1.59. The second-order valence-electron chi connectivity index (χ2n) is 5.72. The second-order valence-corrected chi connectivity index (χ2v) is 6.57. The number of halogens is 1. The van der Waals surface area contributed by atoms with Crippen LogP contribution in [0.15, 0.2) is 28.9 Å². The summed E-state index contributed by atoms with van der Waals surface area (Å²) in [4.78, 5) is 12.2. The first-order chi connectivity index (χ1) is 11.7. The van der Waals surface area contributed by atoms with Crippen molar-refractivity contribution in [2.75, 3.05) is 20.2 Å². The average molecular weight is 394 g/mol. The van der Waals surface area contributed by atoms with Crippen molar-refractivity contribution in [3.05, 3.63) is 40.1 Å². The van der Waals surface area contributed by atoms with Crippen molar-refractivity contribution in [2.24, 2.45) is 0 Å². The van der Waals surface area contributed by atoms with E-state index in [9.17, 15) is 4.79 Å². The van der Waals surface area contributed by atoms with Gasteiger partial charge in [-0.15, -0.1) is 5.10 Å². The van der Waals surface area contributed by atoms with Gasteiger partial charge in [0.1, 0.15) is 5.75 Å². The van der Waals surface area contributed by atoms with Gasteiger partial charge in [0.25, 0.3) is 5.91 Å². The van der Waals surface area contributed by atoms with E-state index < -0.39 is 0 Å². The average Bonchev–Trinajstić information content (AvgIpc) is 3.11. The molecule has 128 valence electrons. The van der Waals surface area contributed by atoms with Gasteiger partial charge in [-0.2, -0.15) is 0 Å². The molecule has 0 radical (unpaired) electrons. The first-order valence-corrected chi connectivity index (χ1v) is 8.70. The predicted octanol–water partition coefficient (Wildman–Crippen LogP) is 1.90. The zero-order valence-corrected chi connectivity index (χ0v) is 15.0. The van der Waals surface area contributed by atoms with Crippen molar-refractivity contribution >= 4 is 21.8 Å². The smallest absolute Gasteiger partial charge is 0.273 e. The van der Waals surface area contributed by atoms with Crippen LogP contribution >= 0.6 is 15.9 Å². The van der Waals surface area contributed by atoms with Gasteiger partial charge in [0, 0.05) is 6.54 Å². The van der Waals surface area contributed by atoms with Crippen LogP contribution in [0.2, 0.25) is 0 Å². The highest BCUT2D eigenvalue weighted by molar-refractivity contribution is 9.10. The molecule has 0 atom stereocenters. The molecule has 0 aliphatic carbocycles. The number of ether oxygens (including phenoxy) is 1. The summed E-state index contributed by atoms with van der Waals surface area (Å²) in [5.41, 5.74) is 1.32. The number of nitrogens with zero attached hydrogens (tertiary/aromatic N) is 3. The summed E-state index contributed by atoms with van der Waals surface area (Å²) < 4.78 is 7.86. The normalized spacial score (nSPS) is 15.2. The molecule has 2 aromatic rings. The fraction of sp³-hybridized carbons (Fsp3) is 0.438. The standard InChI is InChI=1S/C16H20BrN5O2/c1-24-15-3-2-11(8-13(15)17)9-19-16(23)14-10-22(21-20-14)12-4-6-18-7-5-12/h2-3,8,10,12,18H,4-7,9H2,1H3,(H,19,23). The fourth-order valence-corrected chi connectivity index (χ4v) is 3.31. The largest absolute Gasteiger partial charge is 0.496 e. The lowest BCUT2D eigenvalue weighted by molar-refractivity contribution is 0.0946. The van der Waals surface area contributed by atoms with Gasteiger partial charge in [0.05, 0.1) is 23.8 Å². The molecule has 1 aromatic heterocycles. The van der Waals surface area contributed by atoms with E-state index in [1.165, 1.54) is 0 Å². The van der Waals surface area contributed by atoms with Crippen molar-refractivity contribution in [1.82, 2.24) is 25.6 Å². The van der Waals surface area contributed by atoms with Crippen LogP contribution in [-0.4, -0.2) is 41.1 Å². The van der Waals surface area contributed by atoms with Gasteiger partial charge in [-0.1, -0.05) is 11.3 Å². The SMILES string of the molecule is COc1ccc(CNC(=O)c2cn(C3CCNCC3)nn2)cc1Br. The predicted molar refractivity (Wildman–Crippen MR) is 93.0 cm³/mol. The van der Waals surface area contributed by atoms with E-state index in [-0.39, 0.29) is 5.91 Å². The van der Waals surface area contributed by atoms with Crippen molar-refractivity contribution in [3.8, 4) is 5.75 Å². The zero-order valence-electron chi connectivity index (χ0n) is 13.5. The van der Waals surface area contributed by atoms with E-state index >= 15 is 0 Å². The number of aromatic nitrogens is 3. The number of carbonyl (C=O) groups is 1. The van der Waals surface area contributed by atoms with Crippen LogP contribution in [0.1, 0.15) is 34.9 Å². The maximum atomic E-state index is 12.2. The Hall–Kier alpha value is -1.93. The second kappa shape index (κ2) is 7.76. The van der Waals surface area contributed by atoms with Crippen LogP contribution in [0.4, 0.5) is 0 Å². The van der Waals surface area contributed by atoms with Crippen molar-refractivity contribution in [3.63, 3.8) is 0 Å². The summed E-state index contributed by atoms with van der Waals surface area (Å²) in [5, 5.41) is 14.3. The highest BCUT2D eigenvalue weighted by Gasteiger charge is 2.18. The van der Waals surface area contributed by atoms with Crippen LogP contribution in [0, 0.1) is 0 Å². The Morgan fingerprint density at radius 2 is 2.25 bits per heavy atom. The Labute approximate surface area is 148 Å². The molecule has 8 heteroatoms. The number of carbonyl (C=O) groups excluding carboxylic acids is 1. The van der Waals surface area contributed by atoms with Crippen LogP contribution in [0.3, 0.4) is 0 Å². The number of rotatable bonds is 5. The molecule has 1 amide bonds. The molecule has 1 aromatic carbocycles. The third kappa shape index (κ3) is 3.93. The number of hydrogen-bond acceptors (Lipinski definition) is 5. The number of methoxy groups -OCH3 is 1. The zero-order chi connectivity index (χ0) is 16.9. The van der Waals surface area contributed by atoms with Crippen LogP contribution in [0.5, 0.6) is 5.75 Å². The Kier molecular flexibility index (Phi) is 5.47. The first-order valence-electron chi connectivity index (χ1n) is 7.90. The molecule has 7 nitrogen and oxygen atoms in total. The van der Waals surface area contributed by atoms with E-state index in [1.807, 2.05) is 18.2 Å². The van der Waals surface area contributed by atoms with E-state index in [4.69, 9.17) is 4.74 Å². The van der Waals surface area contributed by atoms with Crippen molar-refractivity contribution < 1.29 is 9.53 Å². The molecule has 1 saturated heterocycles. The molecule has 2 heterocycles. The molecule has 0 saturated carbocycles.